The fraction of sp³-hybridized carbons (Fsp3) is 0.538. The number of nitrogens with zero attached hydrogens (tertiary/aromatic N) is 1. The number of hydrogen-bond acceptors (Lipinski definition) is 9. The number of carbonyl (C=O) groups is 5. The molecule has 16 nitrogen and oxygen atoms in total. The summed E-state index contributed by atoms with van der Waals surface area (Å²) in [5.74, 6) is -3.64. The van der Waals surface area contributed by atoms with Crippen molar-refractivity contribution in [2.75, 3.05) is 32.7 Å². The van der Waals surface area contributed by atoms with Gasteiger partial charge in [-0.2, -0.15) is 0 Å². The molecule has 1 aliphatic rings. The summed E-state index contributed by atoms with van der Waals surface area (Å²) < 4.78 is 0. The van der Waals surface area contributed by atoms with Crippen molar-refractivity contribution in [1.29, 1.82) is 0 Å². The lowest BCUT2D eigenvalue weighted by Crippen LogP contribution is -2.57. The first-order chi connectivity index (χ1) is 20.0. The van der Waals surface area contributed by atoms with E-state index in [1.165, 1.54) is 0 Å². The number of aliphatic carboxylic acids is 1. The highest BCUT2D eigenvalue weighted by Gasteiger charge is 2.29. The van der Waals surface area contributed by atoms with E-state index >= 15 is 0 Å². The van der Waals surface area contributed by atoms with Gasteiger partial charge in [0.1, 0.15) is 18.3 Å². The van der Waals surface area contributed by atoms with Gasteiger partial charge in [0.05, 0.1) is 19.0 Å². The van der Waals surface area contributed by atoms with Crippen LogP contribution >= 0.6 is 0 Å². The molecule has 1 fully saturated rings. The van der Waals surface area contributed by atoms with E-state index in [0.29, 0.717) is 13.0 Å². The van der Waals surface area contributed by atoms with Gasteiger partial charge in [-0.3, -0.25) is 34.3 Å². The van der Waals surface area contributed by atoms with Gasteiger partial charge in [-0.05, 0) is 18.4 Å². The van der Waals surface area contributed by atoms with E-state index in [4.69, 9.17) is 11.5 Å². The van der Waals surface area contributed by atoms with Crippen LogP contribution in [0.1, 0.15) is 31.2 Å². The standard InChI is InChI=1S/C26H41N9O7/c27-26(28)31-9-4-7-17-23(40)30-12-11-29-10-8-20(36)34-18(13-16-5-2-1-3-6-16)25(42)35-19(14-22(38)39)24(41)32-15-21(37)33-17/h1-3,5-6,17-19,24,29,32,41H,4,7-15H2,(H,30,40)(H,33,37)(H,34,36)(H,35,42)(H,38,39)(H4,27,28,31)/t17-,18+,19-,24?/m0/s1. The highest BCUT2D eigenvalue weighted by atomic mass is 16.4. The van der Waals surface area contributed by atoms with Crippen LogP contribution in [-0.2, 0) is 30.4 Å². The number of carbonyl (C=O) groups excluding carboxylic acids is 4. The molecule has 4 atom stereocenters. The fourth-order valence-electron chi connectivity index (χ4n) is 4.12. The van der Waals surface area contributed by atoms with Gasteiger partial charge < -0.3 is 48.3 Å². The Bertz CT molecular complexity index is 1080. The van der Waals surface area contributed by atoms with Gasteiger partial charge >= 0.3 is 5.97 Å². The summed E-state index contributed by atoms with van der Waals surface area (Å²) >= 11 is 0. The first kappa shape index (κ1) is 33.9. The van der Waals surface area contributed by atoms with Crippen LogP contribution in [0.2, 0.25) is 0 Å². The molecule has 1 aromatic rings. The monoisotopic (exact) mass is 591 g/mol. The smallest absolute Gasteiger partial charge is 0.305 e. The number of guanidine groups is 1. The molecule has 0 spiro atoms. The molecule has 1 heterocycles. The number of rotatable bonds is 8. The summed E-state index contributed by atoms with van der Waals surface area (Å²) in [6, 6.07) is 5.57. The number of carboxylic acids is 1. The van der Waals surface area contributed by atoms with Crippen LogP contribution in [0.4, 0.5) is 0 Å². The minimum atomic E-state index is -1.65. The number of nitrogens with one attached hydrogen (secondary N) is 6. The minimum Gasteiger partial charge on any atom is -0.481 e. The highest BCUT2D eigenvalue weighted by Crippen LogP contribution is 2.06. The average molecular weight is 592 g/mol. The van der Waals surface area contributed by atoms with Crippen molar-refractivity contribution in [3.05, 3.63) is 35.9 Å². The Balaban J connectivity index is 2.20. The number of benzene rings is 1. The average Bonchev–Trinajstić information content (AvgIpc) is 2.94. The van der Waals surface area contributed by atoms with Crippen LogP contribution in [0.15, 0.2) is 35.3 Å². The van der Waals surface area contributed by atoms with Crippen LogP contribution in [0.25, 0.3) is 0 Å². The number of nitrogens with two attached hydrogens (primary N) is 2. The zero-order valence-corrected chi connectivity index (χ0v) is 23.3. The van der Waals surface area contributed by atoms with E-state index in [1.807, 2.05) is 0 Å². The second-order valence-electron chi connectivity index (χ2n) is 9.71. The quantitative estimate of drug-likeness (QED) is 0.0797. The van der Waals surface area contributed by atoms with Crippen molar-refractivity contribution in [2.24, 2.45) is 16.5 Å². The summed E-state index contributed by atoms with van der Waals surface area (Å²) in [4.78, 5) is 66.7. The number of aliphatic imine (C=N–C) groups is 1. The maximum atomic E-state index is 13.2. The number of aliphatic hydroxyl groups excluding tert-OH is 1. The van der Waals surface area contributed by atoms with E-state index in [1.54, 1.807) is 30.3 Å². The number of hydrogen-bond donors (Lipinski definition) is 10. The molecule has 0 aromatic heterocycles. The van der Waals surface area contributed by atoms with Gasteiger partial charge in [0.25, 0.3) is 0 Å². The minimum absolute atomic E-state index is 0.0265. The van der Waals surface area contributed by atoms with E-state index in [9.17, 15) is 34.2 Å². The van der Waals surface area contributed by atoms with Crippen LogP contribution in [-0.4, -0.2) is 103 Å². The van der Waals surface area contributed by atoms with Crippen LogP contribution in [0.5, 0.6) is 0 Å². The predicted molar refractivity (Wildman–Crippen MR) is 153 cm³/mol. The largest absolute Gasteiger partial charge is 0.481 e. The normalized spacial score (nSPS) is 23.5. The third-order valence-corrected chi connectivity index (χ3v) is 6.24. The lowest BCUT2D eigenvalue weighted by Gasteiger charge is -2.27. The molecule has 2 rings (SSSR count). The molecule has 0 bridgehead atoms. The molecular weight excluding hydrogens is 550 g/mol. The molecule has 232 valence electrons. The molecule has 1 saturated heterocycles. The summed E-state index contributed by atoms with van der Waals surface area (Å²) in [6.45, 7) is 0.561. The molecule has 12 N–H and O–H groups in total. The molecule has 42 heavy (non-hydrogen) atoms. The van der Waals surface area contributed by atoms with Crippen molar-refractivity contribution >= 4 is 35.6 Å². The van der Waals surface area contributed by atoms with Crippen LogP contribution in [0.3, 0.4) is 0 Å². The van der Waals surface area contributed by atoms with Crippen molar-refractivity contribution in [1.82, 2.24) is 31.9 Å². The summed E-state index contributed by atoms with van der Waals surface area (Å²) in [6.07, 6.45) is -1.58. The van der Waals surface area contributed by atoms with Gasteiger partial charge in [0.15, 0.2) is 5.96 Å². The van der Waals surface area contributed by atoms with Gasteiger partial charge in [0, 0.05) is 39.0 Å². The molecule has 16 heteroatoms. The number of amides is 4. The third-order valence-electron chi connectivity index (χ3n) is 6.24. The topological polar surface area (TPSA) is 262 Å². The molecule has 0 aliphatic carbocycles. The summed E-state index contributed by atoms with van der Waals surface area (Å²) in [7, 11) is 0. The number of carboxylic acid groups (broad SMARTS) is 1. The zero-order valence-electron chi connectivity index (χ0n) is 23.3. The van der Waals surface area contributed by atoms with Gasteiger partial charge in [-0.15, -0.1) is 0 Å². The first-order valence-corrected chi connectivity index (χ1v) is 13.6. The predicted octanol–water partition coefficient (Wildman–Crippen LogP) is -3.77. The lowest BCUT2D eigenvalue weighted by molar-refractivity contribution is -0.139. The Hall–Kier alpha value is -4.28. The maximum absolute atomic E-state index is 13.2. The lowest BCUT2D eigenvalue weighted by atomic mass is 10.0. The zero-order chi connectivity index (χ0) is 30.9. The molecule has 0 saturated carbocycles. The van der Waals surface area contributed by atoms with Crippen molar-refractivity contribution < 1.29 is 34.2 Å². The SMILES string of the molecule is NC(N)=NCCC[C@@H]1NC(=O)CNC(O)[C@H](CC(=O)O)NC(=O)[C@@H](Cc2ccccc2)NC(=O)CCNCCNC1=O. The van der Waals surface area contributed by atoms with Gasteiger partial charge in [-0.1, -0.05) is 30.3 Å². The second-order valence-corrected chi connectivity index (χ2v) is 9.71. The van der Waals surface area contributed by atoms with Crippen molar-refractivity contribution in [3.63, 3.8) is 0 Å². The maximum Gasteiger partial charge on any atom is 0.305 e. The second kappa shape index (κ2) is 18.2. The van der Waals surface area contributed by atoms with E-state index in [-0.39, 0.29) is 44.9 Å². The number of aliphatic hydroxyl groups is 1. The van der Waals surface area contributed by atoms with Gasteiger partial charge in [-0.25, -0.2) is 0 Å². The Kier molecular flexibility index (Phi) is 14.7. The van der Waals surface area contributed by atoms with E-state index < -0.39 is 66.9 Å². The highest BCUT2D eigenvalue weighted by molar-refractivity contribution is 5.89. The molecule has 1 aromatic carbocycles. The van der Waals surface area contributed by atoms with Crippen LogP contribution < -0.4 is 43.4 Å². The first-order valence-electron chi connectivity index (χ1n) is 13.6. The Morgan fingerprint density at radius 3 is 2.33 bits per heavy atom. The molecule has 1 unspecified atom stereocenters. The van der Waals surface area contributed by atoms with E-state index in [2.05, 4.69) is 36.9 Å². The van der Waals surface area contributed by atoms with E-state index in [0.717, 1.165) is 5.56 Å². The molecular formula is C26H41N9O7. The molecule has 0 radical (unpaired) electrons. The Labute approximate surface area is 243 Å². The summed E-state index contributed by atoms with van der Waals surface area (Å²) in [5, 5.41) is 36.0. The fourth-order valence-corrected chi connectivity index (χ4v) is 4.12. The van der Waals surface area contributed by atoms with Gasteiger partial charge in [0.2, 0.25) is 23.6 Å². The molecule has 1 aliphatic heterocycles. The van der Waals surface area contributed by atoms with Crippen LogP contribution in [0, 0.1) is 0 Å². The third kappa shape index (κ3) is 13.4. The molecule has 4 amide bonds. The summed E-state index contributed by atoms with van der Waals surface area (Å²) in [5.41, 5.74) is 11.4. The van der Waals surface area contributed by atoms with Crippen molar-refractivity contribution in [3.8, 4) is 0 Å². The Morgan fingerprint density at radius 2 is 1.64 bits per heavy atom. The van der Waals surface area contributed by atoms with Crippen molar-refractivity contribution in [2.45, 2.75) is 56.5 Å². The Morgan fingerprint density at radius 1 is 0.929 bits per heavy atom.